The number of halogens is 1. The van der Waals surface area contributed by atoms with Gasteiger partial charge in [0.1, 0.15) is 5.75 Å². The molecule has 0 unspecified atom stereocenters. The third-order valence-electron chi connectivity index (χ3n) is 4.33. The zero-order valence-electron chi connectivity index (χ0n) is 16.8. The first-order chi connectivity index (χ1) is 13.7. The third-order valence-corrected chi connectivity index (χ3v) is 6.17. The van der Waals surface area contributed by atoms with Crippen LogP contribution in [0.5, 0.6) is 5.75 Å². The fourth-order valence-corrected chi connectivity index (χ4v) is 4.40. The molecule has 0 aliphatic carbocycles. The van der Waals surface area contributed by atoms with Crippen LogP contribution in [0.2, 0.25) is 5.02 Å². The van der Waals surface area contributed by atoms with Gasteiger partial charge < -0.3 is 10.1 Å². The number of benzene rings is 2. The van der Waals surface area contributed by atoms with Gasteiger partial charge in [0.05, 0.1) is 9.92 Å². The Hall–Kier alpha value is -2.09. The average molecular weight is 439 g/mol. The fraction of sp³-hybridized carbons (Fsp3) is 0.381. The highest BCUT2D eigenvalue weighted by Gasteiger charge is 2.20. The molecular weight excluding hydrogens is 412 g/mol. The van der Waals surface area contributed by atoms with Gasteiger partial charge in [0.25, 0.3) is 5.91 Å². The standard InChI is InChI=1S/C21H27ClN2O4S/c1-4-8-15(2)23-21(25)14-28-20-12-11-18(13-19(20)22)29(26,27)24-16(3)17-9-6-5-7-10-17/h5-7,9-13,15-16,24H,4,8,14H2,1-3H3,(H,23,25)/t15-,16+/m0/s1. The van der Waals surface area contributed by atoms with Crippen molar-refractivity contribution in [3.63, 3.8) is 0 Å². The quantitative estimate of drug-likeness (QED) is 0.585. The minimum Gasteiger partial charge on any atom is -0.482 e. The largest absolute Gasteiger partial charge is 0.482 e. The van der Waals surface area contributed by atoms with E-state index < -0.39 is 16.1 Å². The van der Waals surface area contributed by atoms with Gasteiger partial charge in [-0.25, -0.2) is 13.1 Å². The molecule has 0 bridgehead atoms. The van der Waals surface area contributed by atoms with E-state index in [1.807, 2.05) is 44.2 Å². The van der Waals surface area contributed by atoms with Gasteiger partial charge in [0, 0.05) is 12.1 Å². The molecule has 0 saturated heterocycles. The Morgan fingerprint density at radius 3 is 2.45 bits per heavy atom. The molecule has 0 spiro atoms. The van der Waals surface area contributed by atoms with Gasteiger partial charge in [-0.1, -0.05) is 55.3 Å². The summed E-state index contributed by atoms with van der Waals surface area (Å²) in [5.41, 5.74) is 0.852. The van der Waals surface area contributed by atoms with E-state index in [0.717, 1.165) is 18.4 Å². The molecule has 2 N–H and O–H groups in total. The zero-order valence-corrected chi connectivity index (χ0v) is 18.4. The number of carbonyl (C=O) groups is 1. The highest BCUT2D eigenvalue weighted by Crippen LogP contribution is 2.28. The normalized spacial score (nSPS) is 13.5. The summed E-state index contributed by atoms with van der Waals surface area (Å²) >= 11 is 6.18. The lowest BCUT2D eigenvalue weighted by atomic mass is 10.1. The molecule has 1 amide bonds. The number of ether oxygens (including phenoxy) is 1. The SMILES string of the molecule is CCC[C@H](C)NC(=O)COc1ccc(S(=O)(=O)N[C@H](C)c2ccccc2)cc1Cl. The highest BCUT2D eigenvalue weighted by atomic mass is 35.5. The molecule has 0 saturated carbocycles. The Morgan fingerprint density at radius 2 is 1.83 bits per heavy atom. The molecule has 0 aliphatic heterocycles. The molecule has 2 rings (SSSR count). The first kappa shape index (κ1) is 23.2. The lowest BCUT2D eigenvalue weighted by Gasteiger charge is -2.16. The molecule has 0 radical (unpaired) electrons. The van der Waals surface area contributed by atoms with Crippen LogP contribution in [0.25, 0.3) is 0 Å². The van der Waals surface area contributed by atoms with Gasteiger partial charge in [0.2, 0.25) is 10.0 Å². The van der Waals surface area contributed by atoms with Crippen LogP contribution in [0, 0.1) is 0 Å². The predicted octanol–water partition coefficient (Wildman–Crippen LogP) is 4.06. The summed E-state index contributed by atoms with van der Waals surface area (Å²) < 4.78 is 33.4. The molecule has 0 aromatic heterocycles. The molecule has 29 heavy (non-hydrogen) atoms. The molecule has 0 heterocycles. The second kappa shape index (κ2) is 10.6. The van der Waals surface area contributed by atoms with E-state index in [1.54, 1.807) is 6.92 Å². The summed E-state index contributed by atoms with van der Waals surface area (Å²) in [5.74, 6) is -0.00270. The second-order valence-corrected chi connectivity index (χ2v) is 9.01. The van der Waals surface area contributed by atoms with Crippen molar-refractivity contribution in [1.82, 2.24) is 10.0 Å². The van der Waals surface area contributed by atoms with Gasteiger partial charge in [-0.05, 0) is 44.0 Å². The van der Waals surface area contributed by atoms with E-state index in [0.29, 0.717) is 0 Å². The monoisotopic (exact) mass is 438 g/mol. The first-order valence-corrected chi connectivity index (χ1v) is 11.4. The first-order valence-electron chi connectivity index (χ1n) is 9.52. The molecule has 2 atom stereocenters. The van der Waals surface area contributed by atoms with Gasteiger partial charge >= 0.3 is 0 Å². The highest BCUT2D eigenvalue weighted by molar-refractivity contribution is 7.89. The number of hydrogen-bond acceptors (Lipinski definition) is 4. The van der Waals surface area contributed by atoms with Crippen LogP contribution >= 0.6 is 11.6 Å². The molecule has 6 nitrogen and oxygen atoms in total. The zero-order chi connectivity index (χ0) is 21.4. The van der Waals surface area contributed by atoms with Crippen LogP contribution in [0.15, 0.2) is 53.4 Å². The lowest BCUT2D eigenvalue weighted by Crippen LogP contribution is -2.36. The van der Waals surface area contributed by atoms with Crippen LogP contribution in [-0.4, -0.2) is 27.0 Å². The number of hydrogen-bond donors (Lipinski definition) is 2. The Morgan fingerprint density at radius 1 is 1.14 bits per heavy atom. The molecule has 0 aliphatic rings. The molecule has 2 aromatic carbocycles. The summed E-state index contributed by atoms with van der Waals surface area (Å²) in [6.07, 6.45) is 1.86. The van der Waals surface area contributed by atoms with Crippen molar-refractivity contribution in [2.75, 3.05) is 6.61 Å². The summed E-state index contributed by atoms with van der Waals surface area (Å²) in [4.78, 5) is 11.9. The van der Waals surface area contributed by atoms with E-state index in [9.17, 15) is 13.2 Å². The van der Waals surface area contributed by atoms with E-state index in [4.69, 9.17) is 16.3 Å². The van der Waals surface area contributed by atoms with Crippen molar-refractivity contribution in [3.8, 4) is 5.75 Å². The minimum absolute atomic E-state index is 0.0265. The second-order valence-electron chi connectivity index (χ2n) is 6.89. The van der Waals surface area contributed by atoms with E-state index in [1.165, 1.54) is 18.2 Å². The topological polar surface area (TPSA) is 84.5 Å². The van der Waals surface area contributed by atoms with E-state index in [-0.39, 0.29) is 34.2 Å². The van der Waals surface area contributed by atoms with Gasteiger partial charge in [-0.2, -0.15) is 0 Å². The average Bonchev–Trinajstić information content (AvgIpc) is 2.67. The van der Waals surface area contributed by atoms with Crippen molar-refractivity contribution in [2.24, 2.45) is 0 Å². The molecule has 0 fully saturated rings. The van der Waals surface area contributed by atoms with Crippen molar-refractivity contribution >= 4 is 27.5 Å². The van der Waals surface area contributed by atoms with Crippen molar-refractivity contribution in [3.05, 3.63) is 59.1 Å². The molecule has 158 valence electrons. The molecule has 8 heteroatoms. The van der Waals surface area contributed by atoms with E-state index >= 15 is 0 Å². The Balaban J connectivity index is 2.01. The summed E-state index contributed by atoms with van der Waals surface area (Å²) in [5, 5.41) is 2.95. The number of rotatable bonds is 10. The number of carbonyl (C=O) groups excluding carboxylic acids is 1. The number of amides is 1. The predicted molar refractivity (Wildman–Crippen MR) is 115 cm³/mol. The van der Waals surface area contributed by atoms with Crippen LogP contribution < -0.4 is 14.8 Å². The van der Waals surface area contributed by atoms with Crippen LogP contribution in [-0.2, 0) is 14.8 Å². The summed E-state index contributed by atoms with van der Waals surface area (Å²) in [7, 11) is -3.77. The lowest BCUT2D eigenvalue weighted by molar-refractivity contribution is -0.123. The smallest absolute Gasteiger partial charge is 0.258 e. The third kappa shape index (κ3) is 7.03. The Kier molecular flexibility index (Phi) is 8.49. The summed E-state index contributed by atoms with van der Waals surface area (Å²) in [6, 6.07) is 13.1. The Labute approximate surface area is 177 Å². The van der Waals surface area contributed by atoms with Crippen LogP contribution in [0.1, 0.15) is 45.2 Å². The Bertz CT molecular complexity index is 920. The molecule has 2 aromatic rings. The van der Waals surface area contributed by atoms with Crippen LogP contribution in [0.3, 0.4) is 0 Å². The summed E-state index contributed by atoms with van der Waals surface area (Å²) in [6.45, 7) is 5.55. The van der Waals surface area contributed by atoms with Crippen molar-refractivity contribution in [1.29, 1.82) is 0 Å². The van der Waals surface area contributed by atoms with Gasteiger partial charge in [-0.15, -0.1) is 0 Å². The maximum atomic E-state index is 12.7. The maximum absolute atomic E-state index is 12.7. The molecular formula is C21H27ClN2O4S. The van der Waals surface area contributed by atoms with E-state index in [2.05, 4.69) is 10.0 Å². The van der Waals surface area contributed by atoms with Gasteiger partial charge in [0.15, 0.2) is 6.61 Å². The van der Waals surface area contributed by atoms with Crippen LogP contribution in [0.4, 0.5) is 0 Å². The van der Waals surface area contributed by atoms with Crippen molar-refractivity contribution in [2.45, 2.75) is 50.6 Å². The maximum Gasteiger partial charge on any atom is 0.258 e. The van der Waals surface area contributed by atoms with Crippen molar-refractivity contribution < 1.29 is 17.9 Å². The number of nitrogens with one attached hydrogen (secondary N) is 2. The van der Waals surface area contributed by atoms with Gasteiger partial charge in [-0.3, -0.25) is 4.79 Å². The number of sulfonamides is 1. The fourth-order valence-electron chi connectivity index (χ4n) is 2.84. The minimum atomic E-state index is -3.77.